The maximum atomic E-state index is 12.2. The van der Waals surface area contributed by atoms with Gasteiger partial charge in [-0.2, -0.15) is 0 Å². The molecule has 3 rings (SSSR count). The number of thioether (sulfide) groups is 1. The molecule has 1 fully saturated rings. The molecule has 1 aliphatic rings. The van der Waals surface area contributed by atoms with Crippen molar-refractivity contribution < 1.29 is 8.42 Å². The van der Waals surface area contributed by atoms with E-state index in [0.717, 1.165) is 30.9 Å². The normalized spacial score (nSPS) is 15.7. The van der Waals surface area contributed by atoms with Crippen LogP contribution in [0.3, 0.4) is 0 Å². The van der Waals surface area contributed by atoms with Gasteiger partial charge in [-0.15, -0.1) is 11.8 Å². The lowest BCUT2D eigenvalue weighted by Crippen LogP contribution is -2.39. The summed E-state index contributed by atoms with van der Waals surface area (Å²) in [7, 11) is -1.66. The van der Waals surface area contributed by atoms with Crippen LogP contribution in [0.15, 0.2) is 69.4 Å². The molecule has 0 aliphatic heterocycles. The molecule has 3 N–H and O–H groups in total. The molecule has 0 bridgehead atoms. The first-order chi connectivity index (χ1) is 14.0. The van der Waals surface area contributed by atoms with Gasteiger partial charge in [0.25, 0.3) is 0 Å². The van der Waals surface area contributed by atoms with Gasteiger partial charge < -0.3 is 10.6 Å². The number of benzene rings is 2. The lowest BCUT2D eigenvalue weighted by molar-refractivity contribution is 0.581. The molecule has 2 aromatic rings. The largest absolute Gasteiger partial charge is 0.355 e. The minimum Gasteiger partial charge on any atom is -0.355 e. The molecular weight excluding hydrogens is 404 g/mol. The molecule has 156 valence electrons. The molecule has 0 radical (unpaired) electrons. The zero-order valence-corrected chi connectivity index (χ0v) is 18.4. The maximum absolute atomic E-state index is 12.2. The summed E-state index contributed by atoms with van der Waals surface area (Å²) in [6, 6.07) is 17.4. The smallest absolute Gasteiger partial charge is 0.240 e. The van der Waals surface area contributed by atoms with Crippen LogP contribution in [0.25, 0.3) is 0 Å². The number of hydrogen-bond donors (Lipinski definition) is 3. The third-order valence-corrected chi connectivity index (χ3v) is 7.10. The molecule has 1 unspecified atom stereocenters. The van der Waals surface area contributed by atoms with Gasteiger partial charge in [0, 0.05) is 36.3 Å². The van der Waals surface area contributed by atoms with Crippen molar-refractivity contribution >= 4 is 27.7 Å². The summed E-state index contributed by atoms with van der Waals surface area (Å²) in [4.78, 5) is 5.81. The van der Waals surface area contributed by atoms with Crippen molar-refractivity contribution in [2.45, 2.75) is 47.4 Å². The molecule has 29 heavy (non-hydrogen) atoms. The summed E-state index contributed by atoms with van der Waals surface area (Å²) in [5.41, 5.74) is 0.991. The van der Waals surface area contributed by atoms with E-state index in [9.17, 15) is 8.42 Å². The monoisotopic (exact) mass is 432 g/mol. The number of nitrogens with zero attached hydrogens (tertiary/aromatic N) is 1. The van der Waals surface area contributed by atoms with E-state index in [-0.39, 0.29) is 6.04 Å². The molecule has 2 aromatic carbocycles. The van der Waals surface area contributed by atoms with E-state index in [2.05, 4.69) is 39.4 Å². The Morgan fingerprint density at radius 1 is 1.10 bits per heavy atom. The van der Waals surface area contributed by atoms with E-state index in [1.807, 2.05) is 42.1 Å². The van der Waals surface area contributed by atoms with E-state index in [1.54, 1.807) is 19.2 Å². The fourth-order valence-electron chi connectivity index (χ4n) is 2.69. The number of rotatable bonds is 9. The van der Waals surface area contributed by atoms with Crippen LogP contribution in [0, 0.1) is 0 Å². The van der Waals surface area contributed by atoms with Crippen molar-refractivity contribution in [3.05, 3.63) is 60.2 Å². The molecule has 0 amide bonds. The lowest BCUT2D eigenvalue weighted by atomic mass is 10.2. The second kappa shape index (κ2) is 10.1. The summed E-state index contributed by atoms with van der Waals surface area (Å²) < 4.78 is 27.2. The topological polar surface area (TPSA) is 82.6 Å². The highest BCUT2D eigenvalue weighted by molar-refractivity contribution is 8.00. The SMILES string of the molecule is CN=C(NCc1ccc(S(=O)(=O)NC2CC2)cc1)NCC(C)Sc1ccccc1. The van der Waals surface area contributed by atoms with Crippen LogP contribution in [-0.2, 0) is 16.6 Å². The third kappa shape index (κ3) is 7.06. The molecule has 1 aliphatic carbocycles. The highest BCUT2D eigenvalue weighted by Gasteiger charge is 2.27. The van der Waals surface area contributed by atoms with Gasteiger partial charge in [-0.25, -0.2) is 13.1 Å². The van der Waals surface area contributed by atoms with Crippen LogP contribution in [0.2, 0.25) is 0 Å². The summed E-state index contributed by atoms with van der Waals surface area (Å²) in [6.45, 7) is 3.52. The number of nitrogens with one attached hydrogen (secondary N) is 3. The van der Waals surface area contributed by atoms with Gasteiger partial charge in [-0.3, -0.25) is 4.99 Å². The molecule has 0 aromatic heterocycles. The van der Waals surface area contributed by atoms with Gasteiger partial charge in [-0.1, -0.05) is 37.3 Å². The molecular formula is C21H28N4O2S2. The predicted octanol–water partition coefficient (Wildman–Crippen LogP) is 2.97. The first-order valence-electron chi connectivity index (χ1n) is 9.74. The van der Waals surface area contributed by atoms with Gasteiger partial charge in [0.2, 0.25) is 10.0 Å². The van der Waals surface area contributed by atoms with E-state index in [4.69, 9.17) is 0 Å². The zero-order chi connectivity index (χ0) is 20.7. The molecule has 0 saturated heterocycles. The number of sulfonamides is 1. The van der Waals surface area contributed by atoms with Crippen LogP contribution < -0.4 is 15.4 Å². The van der Waals surface area contributed by atoms with Crippen LogP contribution in [0.1, 0.15) is 25.3 Å². The quantitative estimate of drug-likeness (QED) is 0.322. The fraction of sp³-hybridized carbons (Fsp3) is 0.381. The number of aliphatic imine (C=N–C) groups is 1. The Morgan fingerprint density at radius 2 is 1.79 bits per heavy atom. The number of guanidine groups is 1. The fourth-order valence-corrected chi connectivity index (χ4v) is 4.95. The first kappa shape index (κ1) is 21.7. The zero-order valence-electron chi connectivity index (χ0n) is 16.8. The molecule has 1 saturated carbocycles. The van der Waals surface area contributed by atoms with E-state index < -0.39 is 10.0 Å². The van der Waals surface area contributed by atoms with Crippen molar-refractivity contribution in [3.63, 3.8) is 0 Å². The van der Waals surface area contributed by atoms with Gasteiger partial charge >= 0.3 is 0 Å². The van der Waals surface area contributed by atoms with Crippen molar-refractivity contribution in [2.75, 3.05) is 13.6 Å². The average Bonchev–Trinajstić information content (AvgIpc) is 3.52. The Hall–Kier alpha value is -2.03. The van der Waals surface area contributed by atoms with Gasteiger partial charge in [-0.05, 0) is 42.7 Å². The number of hydrogen-bond acceptors (Lipinski definition) is 4. The van der Waals surface area contributed by atoms with Crippen molar-refractivity contribution in [1.82, 2.24) is 15.4 Å². The molecule has 0 heterocycles. The van der Waals surface area contributed by atoms with Crippen LogP contribution >= 0.6 is 11.8 Å². The second-order valence-corrected chi connectivity index (χ2v) is 10.3. The minimum atomic E-state index is -3.40. The molecule has 0 spiro atoms. The van der Waals surface area contributed by atoms with Crippen molar-refractivity contribution in [1.29, 1.82) is 0 Å². The lowest BCUT2D eigenvalue weighted by Gasteiger charge is -2.16. The van der Waals surface area contributed by atoms with E-state index in [0.29, 0.717) is 16.7 Å². The van der Waals surface area contributed by atoms with Crippen molar-refractivity contribution in [3.8, 4) is 0 Å². The van der Waals surface area contributed by atoms with Gasteiger partial charge in [0.1, 0.15) is 0 Å². The van der Waals surface area contributed by atoms with E-state index in [1.165, 1.54) is 4.90 Å². The second-order valence-electron chi connectivity index (χ2n) is 7.09. The van der Waals surface area contributed by atoms with Gasteiger partial charge in [0.15, 0.2) is 5.96 Å². The summed E-state index contributed by atoms with van der Waals surface area (Å²) in [6.07, 6.45) is 1.85. The van der Waals surface area contributed by atoms with Gasteiger partial charge in [0.05, 0.1) is 4.90 Å². The predicted molar refractivity (Wildman–Crippen MR) is 120 cm³/mol. The third-order valence-electron chi connectivity index (χ3n) is 4.45. The van der Waals surface area contributed by atoms with E-state index >= 15 is 0 Å². The van der Waals surface area contributed by atoms with Crippen LogP contribution in [0.4, 0.5) is 0 Å². The van der Waals surface area contributed by atoms with Crippen molar-refractivity contribution in [2.24, 2.45) is 4.99 Å². The molecule has 8 heteroatoms. The summed E-state index contributed by atoms with van der Waals surface area (Å²) >= 11 is 1.81. The minimum absolute atomic E-state index is 0.109. The molecule has 1 atom stereocenters. The Balaban J connectivity index is 1.45. The highest BCUT2D eigenvalue weighted by atomic mass is 32.2. The molecule has 6 nitrogen and oxygen atoms in total. The summed E-state index contributed by atoms with van der Waals surface area (Å²) in [5, 5.41) is 6.99. The Labute approximate surface area is 177 Å². The van der Waals surface area contributed by atoms with Crippen LogP contribution in [-0.4, -0.2) is 39.3 Å². The van der Waals surface area contributed by atoms with Crippen LogP contribution in [0.5, 0.6) is 0 Å². The highest BCUT2D eigenvalue weighted by Crippen LogP contribution is 2.23. The standard InChI is InChI=1S/C21H28N4O2S2/c1-16(28-19-6-4-3-5-7-19)14-23-21(22-2)24-15-17-8-12-20(13-9-17)29(26,27)25-18-10-11-18/h3-9,12-13,16,18,25H,10-11,14-15H2,1-2H3,(H2,22,23,24). The Morgan fingerprint density at radius 3 is 2.41 bits per heavy atom. The maximum Gasteiger partial charge on any atom is 0.240 e. The Bertz CT molecular complexity index is 911. The average molecular weight is 433 g/mol. The summed E-state index contributed by atoms with van der Waals surface area (Å²) in [5.74, 6) is 0.720. The Kier molecular flexibility index (Phi) is 7.57. The first-order valence-corrected chi connectivity index (χ1v) is 12.1.